The van der Waals surface area contributed by atoms with Crippen LogP contribution in [0.25, 0.3) is 0 Å². The summed E-state index contributed by atoms with van der Waals surface area (Å²) in [6.45, 7) is 4.71. The molecule has 0 saturated carbocycles. The quantitative estimate of drug-likeness (QED) is 0.221. The van der Waals surface area contributed by atoms with Gasteiger partial charge in [0.05, 0.1) is 38.1 Å². The summed E-state index contributed by atoms with van der Waals surface area (Å²) in [7, 11) is 2.81. The largest absolute Gasteiger partial charge is 0.493 e. The molecule has 1 saturated heterocycles. The summed E-state index contributed by atoms with van der Waals surface area (Å²) >= 11 is 0. The summed E-state index contributed by atoms with van der Waals surface area (Å²) in [5, 5.41) is 0. The lowest BCUT2D eigenvalue weighted by Crippen LogP contribution is -2.58. The zero-order valence-electron chi connectivity index (χ0n) is 24.6. The predicted octanol–water partition coefficient (Wildman–Crippen LogP) is 4.61. The summed E-state index contributed by atoms with van der Waals surface area (Å²) in [5.74, 6) is -0.00573. The lowest BCUT2D eigenvalue weighted by atomic mass is 9.92. The van der Waals surface area contributed by atoms with Crippen LogP contribution in [0.1, 0.15) is 53.6 Å². The maximum Gasteiger partial charge on any atom is 0.416 e. The minimum atomic E-state index is -0.931. The summed E-state index contributed by atoms with van der Waals surface area (Å²) in [4.78, 5) is 43.0. The molecule has 0 aliphatic carbocycles. The smallest absolute Gasteiger partial charge is 0.416 e. The van der Waals surface area contributed by atoms with E-state index < -0.39 is 24.7 Å². The lowest BCUT2D eigenvalue weighted by Gasteiger charge is -2.43. The third-order valence-electron chi connectivity index (χ3n) is 7.87. The number of amides is 2. The number of carbonyl (C=O) groups excluding carboxylic acids is 3. The highest BCUT2D eigenvalue weighted by atomic mass is 16.7. The van der Waals surface area contributed by atoms with Gasteiger partial charge < -0.3 is 33.3 Å². The van der Waals surface area contributed by atoms with Gasteiger partial charge in [-0.1, -0.05) is 36.9 Å². The molecule has 11 heteroatoms. The monoisotopic (exact) mass is 594 g/mol. The van der Waals surface area contributed by atoms with Crippen molar-refractivity contribution in [1.82, 2.24) is 4.90 Å². The second kappa shape index (κ2) is 13.9. The second-order valence-corrected chi connectivity index (χ2v) is 10.6. The molecule has 0 spiro atoms. The minimum Gasteiger partial charge on any atom is -0.493 e. The third kappa shape index (κ3) is 6.62. The summed E-state index contributed by atoms with van der Waals surface area (Å²) in [5.41, 5.74) is 2.62. The Labute approximate surface area is 251 Å². The lowest BCUT2D eigenvalue weighted by molar-refractivity contribution is -0.197. The molecule has 2 aromatic carbocycles. The summed E-state index contributed by atoms with van der Waals surface area (Å²) in [6, 6.07) is 10.6. The predicted molar refractivity (Wildman–Crippen MR) is 156 cm³/mol. The van der Waals surface area contributed by atoms with E-state index in [9.17, 15) is 14.4 Å². The number of carbonyl (C=O) groups is 3. The van der Waals surface area contributed by atoms with Crippen LogP contribution in [0.2, 0.25) is 0 Å². The first-order chi connectivity index (χ1) is 20.9. The fourth-order valence-corrected chi connectivity index (χ4v) is 5.71. The maximum absolute atomic E-state index is 14.3. The fourth-order valence-electron chi connectivity index (χ4n) is 5.71. The van der Waals surface area contributed by atoms with Gasteiger partial charge in [-0.15, -0.1) is 0 Å². The van der Waals surface area contributed by atoms with Crippen molar-refractivity contribution < 1.29 is 42.8 Å². The van der Waals surface area contributed by atoms with Crippen molar-refractivity contribution in [3.05, 3.63) is 65.7 Å². The Bertz CT molecular complexity index is 1340. The van der Waals surface area contributed by atoms with Gasteiger partial charge in [0.25, 0.3) is 5.91 Å². The van der Waals surface area contributed by atoms with Gasteiger partial charge in [-0.25, -0.2) is 9.69 Å². The molecule has 3 aliphatic rings. The van der Waals surface area contributed by atoms with Crippen LogP contribution < -0.4 is 14.4 Å². The average Bonchev–Trinajstić information content (AvgIpc) is 3.13. The molecule has 0 aromatic heterocycles. The van der Waals surface area contributed by atoms with Gasteiger partial charge >= 0.3 is 12.1 Å². The van der Waals surface area contributed by atoms with E-state index in [0.29, 0.717) is 43.9 Å². The van der Waals surface area contributed by atoms with Gasteiger partial charge in [0.1, 0.15) is 6.61 Å². The fraction of sp³-hybridized carbons (Fsp3) is 0.469. The molecule has 3 heterocycles. The molecular formula is C32H38N2O9. The first kappa shape index (κ1) is 30.4. The van der Waals surface area contributed by atoms with Gasteiger partial charge in [-0.2, -0.15) is 0 Å². The van der Waals surface area contributed by atoms with Gasteiger partial charge in [-0.05, 0) is 49.3 Å². The van der Waals surface area contributed by atoms with Crippen LogP contribution in [-0.4, -0.2) is 75.5 Å². The van der Waals surface area contributed by atoms with E-state index in [1.54, 1.807) is 17.0 Å². The zero-order chi connectivity index (χ0) is 30.3. The molecule has 2 aromatic rings. The molecule has 3 unspecified atom stereocenters. The van der Waals surface area contributed by atoms with Crippen LogP contribution >= 0.6 is 0 Å². The number of ether oxygens (including phenoxy) is 6. The number of nitrogens with zero attached hydrogens (tertiary/aromatic N) is 2. The number of esters is 1. The standard InChI is InChI=1S/C32H38N2O9/c1-4-14-42-32(37)34-24-19-27(40-16-9-12-28(35)39-3)26(38-2)18-23(24)30(36)33-20-22-11-6-5-10-21(22)17-25(33)31(34)43-29-13-7-8-15-41-29/h4-6,10-11,18-19,25,29,31H,1,7-9,12-17,20H2,2-3H3. The Hall–Kier alpha value is -4.09. The Morgan fingerprint density at radius 3 is 2.65 bits per heavy atom. The van der Waals surface area contributed by atoms with Gasteiger partial charge in [0, 0.05) is 25.6 Å². The number of fused-ring (bicyclic) bond motifs is 3. The van der Waals surface area contributed by atoms with Crippen LogP contribution in [0.4, 0.5) is 10.5 Å². The number of hydrogen-bond donors (Lipinski definition) is 0. The van der Waals surface area contributed by atoms with Crippen molar-refractivity contribution in [1.29, 1.82) is 0 Å². The number of methoxy groups -OCH3 is 2. The average molecular weight is 595 g/mol. The highest BCUT2D eigenvalue weighted by Gasteiger charge is 2.47. The Morgan fingerprint density at radius 2 is 1.93 bits per heavy atom. The molecular weight excluding hydrogens is 556 g/mol. The van der Waals surface area contributed by atoms with Crippen LogP contribution in [0.15, 0.2) is 49.1 Å². The van der Waals surface area contributed by atoms with Crippen molar-refractivity contribution in [3.8, 4) is 11.5 Å². The zero-order valence-corrected chi connectivity index (χ0v) is 24.6. The van der Waals surface area contributed by atoms with Crippen molar-refractivity contribution in [3.63, 3.8) is 0 Å². The molecule has 2 amide bonds. The van der Waals surface area contributed by atoms with Crippen molar-refractivity contribution in [2.75, 3.05) is 38.9 Å². The van der Waals surface area contributed by atoms with Crippen molar-refractivity contribution >= 4 is 23.7 Å². The number of benzene rings is 2. The number of hydrogen-bond acceptors (Lipinski definition) is 9. The Kier molecular flexibility index (Phi) is 9.83. The van der Waals surface area contributed by atoms with E-state index in [1.165, 1.54) is 25.2 Å². The van der Waals surface area contributed by atoms with Crippen LogP contribution in [0.3, 0.4) is 0 Å². The summed E-state index contributed by atoms with van der Waals surface area (Å²) in [6.07, 6.45) is 2.84. The molecule has 0 radical (unpaired) electrons. The Balaban J connectivity index is 1.60. The van der Waals surface area contributed by atoms with E-state index >= 15 is 0 Å². The molecule has 5 rings (SSSR count). The minimum absolute atomic E-state index is 0.0322. The topological polar surface area (TPSA) is 113 Å². The van der Waals surface area contributed by atoms with Crippen LogP contribution in [0.5, 0.6) is 11.5 Å². The SMILES string of the molecule is C=CCOC(=O)N1c2cc(OCCCC(=O)OC)c(OC)cc2C(=O)N2Cc3ccccc3CC2C1OC1CCCCO1. The normalized spacial score (nSPS) is 21.1. The maximum atomic E-state index is 14.3. The molecule has 0 N–H and O–H groups in total. The van der Waals surface area contributed by atoms with E-state index in [0.717, 1.165) is 24.0 Å². The van der Waals surface area contributed by atoms with E-state index in [-0.39, 0.29) is 42.8 Å². The molecule has 3 aliphatic heterocycles. The molecule has 3 atom stereocenters. The Morgan fingerprint density at radius 1 is 1.12 bits per heavy atom. The van der Waals surface area contributed by atoms with Crippen LogP contribution in [0, 0.1) is 0 Å². The molecule has 1 fully saturated rings. The van der Waals surface area contributed by atoms with Crippen molar-refractivity contribution in [2.45, 2.75) is 63.6 Å². The van der Waals surface area contributed by atoms with E-state index in [2.05, 4.69) is 6.58 Å². The van der Waals surface area contributed by atoms with E-state index in [1.807, 2.05) is 24.3 Å². The first-order valence-corrected chi connectivity index (χ1v) is 14.6. The molecule has 11 nitrogen and oxygen atoms in total. The van der Waals surface area contributed by atoms with Gasteiger partial charge in [0.15, 0.2) is 24.0 Å². The van der Waals surface area contributed by atoms with Gasteiger partial charge in [-0.3, -0.25) is 9.59 Å². The van der Waals surface area contributed by atoms with E-state index in [4.69, 9.17) is 28.4 Å². The molecule has 0 bridgehead atoms. The third-order valence-corrected chi connectivity index (χ3v) is 7.87. The first-order valence-electron chi connectivity index (χ1n) is 14.6. The van der Waals surface area contributed by atoms with Gasteiger partial charge in [0.2, 0.25) is 0 Å². The molecule has 43 heavy (non-hydrogen) atoms. The van der Waals surface area contributed by atoms with Crippen LogP contribution in [-0.2, 0) is 36.7 Å². The molecule has 230 valence electrons. The number of rotatable bonds is 10. The number of anilines is 1. The second-order valence-electron chi connectivity index (χ2n) is 10.6. The van der Waals surface area contributed by atoms with Crippen molar-refractivity contribution in [2.24, 2.45) is 0 Å². The summed E-state index contributed by atoms with van der Waals surface area (Å²) < 4.78 is 34.5. The highest BCUT2D eigenvalue weighted by Crippen LogP contribution is 2.43. The highest BCUT2D eigenvalue weighted by molar-refractivity contribution is 6.06.